The van der Waals surface area contributed by atoms with Crippen molar-refractivity contribution in [3.8, 4) is 0 Å². The normalized spacial score (nSPS) is 13.2. The van der Waals surface area contributed by atoms with Crippen LogP contribution in [0, 0.1) is 0 Å². The Morgan fingerprint density at radius 1 is 1.50 bits per heavy atom. The second kappa shape index (κ2) is 4.47. The minimum atomic E-state index is -0.715. The van der Waals surface area contributed by atoms with Crippen LogP contribution in [0.25, 0.3) is 0 Å². The highest BCUT2D eigenvalue weighted by Gasteiger charge is 2.23. The molecule has 0 aliphatic rings. The van der Waals surface area contributed by atoms with Gasteiger partial charge in [-0.3, -0.25) is 4.79 Å². The first-order valence-electron chi connectivity index (χ1n) is 5.08. The highest BCUT2D eigenvalue weighted by molar-refractivity contribution is 5.74. The Morgan fingerprint density at radius 3 is 2.62 bits per heavy atom. The number of esters is 1. The van der Waals surface area contributed by atoms with Crippen molar-refractivity contribution in [1.82, 2.24) is 9.78 Å². The predicted molar refractivity (Wildman–Crippen MR) is 59.1 cm³/mol. The van der Waals surface area contributed by atoms with Crippen LogP contribution < -0.4 is 5.56 Å². The van der Waals surface area contributed by atoms with E-state index in [1.807, 2.05) is 0 Å². The molecule has 1 heterocycles. The maximum Gasteiger partial charge on any atom is 0.331 e. The molecule has 1 atom stereocenters. The topological polar surface area (TPSA) is 61.2 Å². The molecule has 0 aromatic carbocycles. The van der Waals surface area contributed by atoms with Crippen LogP contribution in [0.5, 0.6) is 0 Å². The number of aromatic nitrogens is 2. The van der Waals surface area contributed by atoms with Crippen molar-refractivity contribution in [3.05, 3.63) is 28.7 Å². The van der Waals surface area contributed by atoms with E-state index in [1.54, 1.807) is 27.7 Å². The Kier molecular flexibility index (Phi) is 3.47. The first-order chi connectivity index (χ1) is 7.31. The minimum absolute atomic E-state index is 0.319. The molecule has 16 heavy (non-hydrogen) atoms. The predicted octanol–water partition coefficient (Wildman–Crippen LogP) is 1.15. The lowest BCUT2D eigenvalue weighted by Crippen LogP contribution is -2.34. The number of carbonyl (C=O) groups excluding carboxylic acids is 1. The molecule has 0 amide bonds. The summed E-state index contributed by atoms with van der Waals surface area (Å²) in [7, 11) is 0. The molecular formula is C11H16N2O3. The largest absolute Gasteiger partial charge is 0.458 e. The summed E-state index contributed by atoms with van der Waals surface area (Å²) in [5.41, 5.74) is -0.884. The maximum absolute atomic E-state index is 11.7. The summed E-state index contributed by atoms with van der Waals surface area (Å²) >= 11 is 0. The summed E-state index contributed by atoms with van der Waals surface area (Å²) in [5.74, 6) is -0.465. The van der Waals surface area contributed by atoms with Crippen LogP contribution in [0.1, 0.15) is 33.7 Å². The molecule has 0 bridgehead atoms. The first-order valence-corrected chi connectivity index (χ1v) is 5.08. The van der Waals surface area contributed by atoms with Crippen LogP contribution in [0.2, 0.25) is 0 Å². The van der Waals surface area contributed by atoms with Gasteiger partial charge in [-0.1, -0.05) is 0 Å². The van der Waals surface area contributed by atoms with Gasteiger partial charge in [0.05, 0.1) is 0 Å². The van der Waals surface area contributed by atoms with Crippen LogP contribution in [0.3, 0.4) is 0 Å². The Labute approximate surface area is 94.0 Å². The van der Waals surface area contributed by atoms with E-state index >= 15 is 0 Å². The van der Waals surface area contributed by atoms with Crippen LogP contribution in [-0.2, 0) is 9.53 Å². The van der Waals surface area contributed by atoms with Gasteiger partial charge in [-0.05, 0) is 33.8 Å². The Balaban J connectivity index is 2.87. The van der Waals surface area contributed by atoms with E-state index in [-0.39, 0.29) is 5.56 Å². The molecule has 1 unspecified atom stereocenters. The third-order valence-corrected chi connectivity index (χ3v) is 1.86. The Bertz CT molecular complexity index is 431. The number of hydrogen-bond donors (Lipinski definition) is 0. The average molecular weight is 224 g/mol. The van der Waals surface area contributed by atoms with Gasteiger partial charge in [-0.25, -0.2) is 9.48 Å². The summed E-state index contributed by atoms with van der Waals surface area (Å²) in [6.45, 7) is 6.92. The molecule has 0 saturated carbocycles. The molecule has 1 rings (SSSR count). The third kappa shape index (κ3) is 3.18. The van der Waals surface area contributed by atoms with Crippen LogP contribution in [0.15, 0.2) is 23.1 Å². The molecular weight excluding hydrogens is 208 g/mol. The molecule has 5 heteroatoms. The molecule has 88 valence electrons. The summed E-state index contributed by atoms with van der Waals surface area (Å²) in [6.07, 6.45) is 1.46. The molecule has 0 fully saturated rings. The second-order valence-electron chi connectivity index (χ2n) is 4.52. The SMILES string of the molecule is CC(C(=O)OC(C)(C)C)n1ncccc1=O. The maximum atomic E-state index is 11.7. The van der Waals surface area contributed by atoms with E-state index in [9.17, 15) is 9.59 Å². The van der Waals surface area contributed by atoms with E-state index in [4.69, 9.17) is 4.74 Å². The van der Waals surface area contributed by atoms with E-state index in [2.05, 4.69) is 5.10 Å². The van der Waals surface area contributed by atoms with Crippen LogP contribution in [0.4, 0.5) is 0 Å². The number of nitrogens with zero attached hydrogens (tertiary/aromatic N) is 2. The van der Waals surface area contributed by atoms with Crippen molar-refractivity contribution < 1.29 is 9.53 Å². The van der Waals surface area contributed by atoms with Gasteiger partial charge in [0.2, 0.25) is 0 Å². The van der Waals surface area contributed by atoms with Crippen LogP contribution in [-0.4, -0.2) is 21.4 Å². The van der Waals surface area contributed by atoms with Gasteiger partial charge >= 0.3 is 5.97 Å². The van der Waals surface area contributed by atoms with E-state index in [0.29, 0.717) is 0 Å². The molecule has 0 saturated heterocycles. The lowest BCUT2D eigenvalue weighted by molar-refractivity contribution is -0.158. The fourth-order valence-electron chi connectivity index (χ4n) is 1.15. The third-order valence-electron chi connectivity index (χ3n) is 1.86. The lowest BCUT2D eigenvalue weighted by Gasteiger charge is -2.22. The second-order valence-corrected chi connectivity index (χ2v) is 4.52. The number of rotatable bonds is 2. The number of carbonyl (C=O) groups is 1. The fraction of sp³-hybridized carbons (Fsp3) is 0.545. The van der Waals surface area contributed by atoms with Gasteiger partial charge in [-0.15, -0.1) is 0 Å². The fourth-order valence-corrected chi connectivity index (χ4v) is 1.15. The lowest BCUT2D eigenvalue weighted by atomic mass is 10.2. The summed E-state index contributed by atoms with van der Waals surface area (Å²) < 4.78 is 6.28. The van der Waals surface area contributed by atoms with Gasteiger partial charge < -0.3 is 4.74 Å². The average Bonchev–Trinajstić information content (AvgIpc) is 2.15. The van der Waals surface area contributed by atoms with Crippen molar-refractivity contribution >= 4 is 5.97 Å². The smallest absolute Gasteiger partial charge is 0.331 e. The highest BCUT2D eigenvalue weighted by Crippen LogP contribution is 2.12. The molecule has 1 aromatic rings. The molecule has 5 nitrogen and oxygen atoms in total. The van der Waals surface area contributed by atoms with Gasteiger partial charge in [-0.2, -0.15) is 5.10 Å². The molecule has 0 aliphatic carbocycles. The summed E-state index contributed by atoms with van der Waals surface area (Å²) in [4.78, 5) is 23.1. The highest BCUT2D eigenvalue weighted by atomic mass is 16.6. The summed E-state index contributed by atoms with van der Waals surface area (Å²) in [5, 5.41) is 3.83. The summed E-state index contributed by atoms with van der Waals surface area (Å²) in [6, 6.07) is 2.17. The number of hydrogen-bond acceptors (Lipinski definition) is 4. The zero-order valence-electron chi connectivity index (χ0n) is 9.93. The van der Waals surface area contributed by atoms with Gasteiger partial charge in [0.25, 0.3) is 5.56 Å². The molecule has 1 aromatic heterocycles. The first kappa shape index (κ1) is 12.4. The van der Waals surface area contributed by atoms with E-state index in [1.165, 1.54) is 18.3 Å². The van der Waals surface area contributed by atoms with Gasteiger partial charge in [0, 0.05) is 12.3 Å². The van der Waals surface area contributed by atoms with Crippen molar-refractivity contribution in [2.75, 3.05) is 0 Å². The van der Waals surface area contributed by atoms with E-state index in [0.717, 1.165) is 4.68 Å². The van der Waals surface area contributed by atoms with Crippen molar-refractivity contribution in [1.29, 1.82) is 0 Å². The Hall–Kier alpha value is -1.65. The van der Waals surface area contributed by atoms with E-state index < -0.39 is 17.6 Å². The van der Waals surface area contributed by atoms with Gasteiger partial charge in [0.15, 0.2) is 6.04 Å². The Morgan fingerprint density at radius 2 is 2.12 bits per heavy atom. The monoisotopic (exact) mass is 224 g/mol. The van der Waals surface area contributed by atoms with Crippen LogP contribution >= 0.6 is 0 Å². The molecule has 0 radical (unpaired) electrons. The van der Waals surface area contributed by atoms with Crippen molar-refractivity contribution in [3.63, 3.8) is 0 Å². The zero-order chi connectivity index (χ0) is 12.3. The standard InChI is InChI=1S/C11H16N2O3/c1-8(10(15)16-11(2,3)4)13-9(14)6-5-7-12-13/h5-8H,1-4H3. The minimum Gasteiger partial charge on any atom is -0.458 e. The molecule has 0 N–H and O–H groups in total. The van der Waals surface area contributed by atoms with Gasteiger partial charge in [0.1, 0.15) is 5.60 Å². The zero-order valence-corrected chi connectivity index (χ0v) is 9.93. The van der Waals surface area contributed by atoms with Crippen molar-refractivity contribution in [2.45, 2.75) is 39.3 Å². The quantitative estimate of drug-likeness (QED) is 0.707. The number of ether oxygens (including phenoxy) is 1. The molecule has 0 spiro atoms. The van der Waals surface area contributed by atoms with Crippen molar-refractivity contribution in [2.24, 2.45) is 0 Å². The molecule has 0 aliphatic heterocycles.